The summed E-state index contributed by atoms with van der Waals surface area (Å²) in [6.07, 6.45) is 2.05. The molecule has 0 bridgehead atoms. The van der Waals surface area contributed by atoms with Crippen LogP contribution in [0.5, 0.6) is 5.75 Å². The first-order chi connectivity index (χ1) is 5.77. The minimum atomic E-state index is -0.0487. The van der Waals surface area contributed by atoms with Crippen molar-refractivity contribution in [1.29, 1.82) is 0 Å². The van der Waals surface area contributed by atoms with Crippen LogP contribution in [-0.4, -0.2) is 5.01 Å². The third-order valence-corrected chi connectivity index (χ3v) is 3.60. The zero-order valence-electron chi connectivity index (χ0n) is 6.13. The van der Waals surface area contributed by atoms with E-state index in [1.54, 1.807) is 0 Å². The van der Waals surface area contributed by atoms with Gasteiger partial charge in [-0.1, -0.05) is 34.1 Å². The number of rotatable bonds is 0. The second kappa shape index (κ2) is 3.23. The molecule has 0 radical (unpaired) electrons. The van der Waals surface area contributed by atoms with Gasteiger partial charge in [0.25, 0.3) is 0 Å². The molecule has 62 valence electrons. The fourth-order valence-electron chi connectivity index (χ4n) is 1.09. The SMILES string of the molecule is BrC1=Cc2ccccc2OC1Br. The van der Waals surface area contributed by atoms with Crippen LogP contribution in [0.25, 0.3) is 6.08 Å². The number of halogens is 2. The predicted octanol–water partition coefficient (Wildman–Crippen LogP) is 3.54. The Morgan fingerprint density at radius 1 is 1.25 bits per heavy atom. The minimum Gasteiger partial charge on any atom is -0.473 e. The largest absolute Gasteiger partial charge is 0.473 e. The Balaban J connectivity index is 2.49. The van der Waals surface area contributed by atoms with Crippen LogP contribution >= 0.6 is 31.9 Å². The molecule has 0 saturated carbocycles. The molecule has 1 aliphatic rings. The molecular formula is C9H6Br2O. The van der Waals surface area contributed by atoms with E-state index in [4.69, 9.17) is 4.74 Å². The van der Waals surface area contributed by atoms with Gasteiger partial charge in [0.1, 0.15) is 5.75 Å². The van der Waals surface area contributed by atoms with Crippen LogP contribution in [0.1, 0.15) is 5.56 Å². The Bertz CT molecular complexity index is 333. The standard InChI is InChI=1S/C9H6Br2O/c10-7-5-6-3-1-2-4-8(6)12-9(7)11/h1-5,9H. The zero-order chi connectivity index (χ0) is 8.55. The van der Waals surface area contributed by atoms with Crippen LogP contribution in [0.3, 0.4) is 0 Å². The summed E-state index contributed by atoms with van der Waals surface area (Å²) < 4.78 is 6.56. The van der Waals surface area contributed by atoms with E-state index in [2.05, 4.69) is 37.9 Å². The highest BCUT2D eigenvalue weighted by molar-refractivity contribution is 9.14. The number of ether oxygens (including phenoxy) is 1. The number of hydrogen-bond donors (Lipinski definition) is 0. The Labute approximate surface area is 87.7 Å². The van der Waals surface area contributed by atoms with E-state index in [1.165, 1.54) is 0 Å². The van der Waals surface area contributed by atoms with E-state index in [0.717, 1.165) is 15.8 Å². The van der Waals surface area contributed by atoms with Gasteiger partial charge < -0.3 is 4.74 Å². The predicted molar refractivity (Wildman–Crippen MR) is 56.7 cm³/mol. The van der Waals surface area contributed by atoms with Crippen molar-refractivity contribution in [1.82, 2.24) is 0 Å². The van der Waals surface area contributed by atoms with Gasteiger partial charge in [0.2, 0.25) is 0 Å². The van der Waals surface area contributed by atoms with Crippen LogP contribution in [0.2, 0.25) is 0 Å². The van der Waals surface area contributed by atoms with Crippen molar-refractivity contribution in [2.75, 3.05) is 0 Å². The lowest BCUT2D eigenvalue weighted by atomic mass is 10.1. The van der Waals surface area contributed by atoms with Crippen molar-refractivity contribution in [3.05, 3.63) is 34.3 Å². The quantitative estimate of drug-likeness (QED) is 0.664. The second-order valence-corrected chi connectivity index (χ2v) is 4.25. The van der Waals surface area contributed by atoms with E-state index in [1.807, 2.05) is 24.3 Å². The maximum absolute atomic E-state index is 5.55. The van der Waals surface area contributed by atoms with Crippen LogP contribution in [0, 0.1) is 0 Å². The van der Waals surface area contributed by atoms with E-state index >= 15 is 0 Å². The molecule has 2 rings (SSSR count). The van der Waals surface area contributed by atoms with Gasteiger partial charge in [-0.2, -0.15) is 0 Å². The highest BCUT2D eigenvalue weighted by Gasteiger charge is 2.16. The normalized spacial score (nSPS) is 20.8. The molecule has 0 N–H and O–H groups in total. The first kappa shape index (κ1) is 8.32. The highest BCUT2D eigenvalue weighted by Crippen LogP contribution is 2.33. The molecule has 1 heterocycles. The number of benzene rings is 1. The molecule has 0 aliphatic carbocycles. The molecule has 0 fully saturated rings. The number of hydrogen-bond acceptors (Lipinski definition) is 1. The topological polar surface area (TPSA) is 9.23 Å². The van der Waals surface area contributed by atoms with Crippen molar-refractivity contribution < 1.29 is 4.74 Å². The molecule has 0 saturated heterocycles. The maximum atomic E-state index is 5.55. The van der Waals surface area contributed by atoms with Crippen LogP contribution in [0.15, 0.2) is 28.7 Å². The zero-order valence-corrected chi connectivity index (χ0v) is 9.30. The van der Waals surface area contributed by atoms with Crippen molar-refractivity contribution >= 4 is 37.9 Å². The molecule has 1 atom stereocenters. The third-order valence-electron chi connectivity index (χ3n) is 1.66. The first-order valence-electron chi connectivity index (χ1n) is 3.54. The molecule has 1 nitrogen and oxygen atoms in total. The van der Waals surface area contributed by atoms with Gasteiger partial charge in [-0.25, -0.2) is 0 Å². The van der Waals surface area contributed by atoms with Crippen molar-refractivity contribution in [3.63, 3.8) is 0 Å². The average molecular weight is 290 g/mol. The van der Waals surface area contributed by atoms with E-state index in [-0.39, 0.29) is 5.01 Å². The summed E-state index contributed by atoms with van der Waals surface area (Å²) in [5.41, 5.74) is 1.11. The molecule has 1 unspecified atom stereocenters. The van der Waals surface area contributed by atoms with Gasteiger partial charge in [-0.15, -0.1) is 0 Å². The maximum Gasteiger partial charge on any atom is 0.184 e. The lowest BCUT2D eigenvalue weighted by Gasteiger charge is -2.19. The van der Waals surface area contributed by atoms with Gasteiger partial charge in [0.05, 0.1) is 0 Å². The minimum absolute atomic E-state index is 0.0487. The Morgan fingerprint density at radius 3 is 2.83 bits per heavy atom. The molecule has 1 aliphatic heterocycles. The Morgan fingerprint density at radius 2 is 2.00 bits per heavy atom. The van der Waals surface area contributed by atoms with Crippen molar-refractivity contribution in [3.8, 4) is 5.75 Å². The Kier molecular flexibility index (Phi) is 2.24. The number of fused-ring (bicyclic) bond motifs is 1. The summed E-state index contributed by atoms with van der Waals surface area (Å²) in [5.74, 6) is 0.919. The van der Waals surface area contributed by atoms with Gasteiger partial charge in [0, 0.05) is 10.0 Å². The summed E-state index contributed by atoms with van der Waals surface area (Å²) >= 11 is 6.80. The summed E-state index contributed by atoms with van der Waals surface area (Å²) in [7, 11) is 0. The van der Waals surface area contributed by atoms with Gasteiger partial charge in [0.15, 0.2) is 5.01 Å². The molecule has 1 aromatic rings. The lowest BCUT2D eigenvalue weighted by molar-refractivity contribution is 0.331. The van der Waals surface area contributed by atoms with E-state index in [9.17, 15) is 0 Å². The molecule has 0 aromatic heterocycles. The molecular weight excluding hydrogens is 284 g/mol. The highest BCUT2D eigenvalue weighted by atomic mass is 79.9. The number of para-hydroxylation sites is 1. The Hall–Kier alpha value is -0.280. The average Bonchev–Trinajstić information content (AvgIpc) is 2.07. The van der Waals surface area contributed by atoms with Gasteiger partial charge >= 0.3 is 0 Å². The van der Waals surface area contributed by atoms with Crippen molar-refractivity contribution in [2.24, 2.45) is 0 Å². The lowest BCUT2D eigenvalue weighted by Crippen LogP contribution is -2.12. The first-order valence-corrected chi connectivity index (χ1v) is 5.25. The smallest absolute Gasteiger partial charge is 0.184 e. The number of alkyl halides is 1. The summed E-state index contributed by atoms with van der Waals surface area (Å²) in [4.78, 5) is 0. The van der Waals surface area contributed by atoms with Crippen LogP contribution < -0.4 is 4.74 Å². The van der Waals surface area contributed by atoms with Crippen LogP contribution in [-0.2, 0) is 0 Å². The van der Waals surface area contributed by atoms with Gasteiger partial charge in [-0.05, 0) is 28.1 Å². The summed E-state index contributed by atoms with van der Waals surface area (Å²) in [6, 6.07) is 7.94. The molecule has 1 aromatic carbocycles. The third kappa shape index (κ3) is 1.43. The van der Waals surface area contributed by atoms with Crippen molar-refractivity contribution in [2.45, 2.75) is 5.01 Å². The fraction of sp³-hybridized carbons (Fsp3) is 0.111. The van der Waals surface area contributed by atoms with Gasteiger partial charge in [-0.3, -0.25) is 0 Å². The van der Waals surface area contributed by atoms with E-state index in [0.29, 0.717) is 0 Å². The second-order valence-electron chi connectivity index (χ2n) is 2.50. The monoisotopic (exact) mass is 288 g/mol. The molecule has 0 amide bonds. The van der Waals surface area contributed by atoms with Crippen LogP contribution in [0.4, 0.5) is 0 Å². The molecule has 3 heteroatoms. The summed E-state index contributed by atoms with van der Waals surface area (Å²) in [6.45, 7) is 0. The molecule has 0 spiro atoms. The fourth-order valence-corrected chi connectivity index (χ4v) is 1.76. The molecule has 12 heavy (non-hydrogen) atoms. The van der Waals surface area contributed by atoms with E-state index < -0.39 is 0 Å². The summed E-state index contributed by atoms with van der Waals surface area (Å²) in [5, 5.41) is -0.0487.